The second kappa shape index (κ2) is 10.9. The largest absolute Gasteiger partial charge is 0.476 e. The van der Waals surface area contributed by atoms with Gasteiger partial charge in [-0.15, -0.1) is 0 Å². The molecule has 2 aromatic carbocycles. The van der Waals surface area contributed by atoms with E-state index in [1.807, 2.05) is 42.1 Å². The monoisotopic (exact) mass is 560 g/mol. The minimum Gasteiger partial charge on any atom is -0.476 e. The van der Waals surface area contributed by atoms with E-state index >= 15 is 0 Å². The fourth-order valence-electron chi connectivity index (χ4n) is 5.03. The first-order chi connectivity index (χ1) is 19.5. The van der Waals surface area contributed by atoms with E-state index in [4.69, 9.17) is 9.25 Å². The highest BCUT2D eigenvalue weighted by molar-refractivity contribution is 5.98. The average Bonchev–Trinajstić information content (AvgIpc) is 3.59. The third-order valence-electron chi connectivity index (χ3n) is 7.04. The van der Waals surface area contributed by atoms with E-state index in [0.717, 1.165) is 21.2 Å². The topological polar surface area (TPSA) is 129 Å². The Bertz CT molecular complexity index is 1780. The number of carbonyl (C=O) groups is 3. The molecule has 0 saturated heterocycles. The summed E-state index contributed by atoms with van der Waals surface area (Å²) in [5.74, 6) is -4.86. The van der Waals surface area contributed by atoms with Gasteiger partial charge in [-0.2, -0.15) is 4.73 Å². The molecular weight excluding hydrogens is 531 g/mol. The van der Waals surface area contributed by atoms with Gasteiger partial charge in [0.05, 0.1) is 5.52 Å². The molecule has 0 spiro atoms. The fraction of sp³-hybridized carbons (Fsp3) is 0.267. The van der Waals surface area contributed by atoms with Crippen molar-refractivity contribution in [2.75, 3.05) is 0 Å². The number of halogens is 1. The Hall–Kier alpha value is -4.93. The number of hydrogen-bond acceptors (Lipinski definition) is 6. The van der Waals surface area contributed by atoms with Gasteiger partial charge >= 0.3 is 11.9 Å². The molecule has 41 heavy (non-hydrogen) atoms. The zero-order valence-electron chi connectivity index (χ0n) is 22.9. The Balaban J connectivity index is 1.45. The van der Waals surface area contributed by atoms with E-state index in [0.29, 0.717) is 10.9 Å². The van der Waals surface area contributed by atoms with Gasteiger partial charge in [-0.25, -0.2) is 19.0 Å². The molecule has 10 nitrogen and oxygen atoms in total. The predicted octanol–water partition coefficient (Wildman–Crippen LogP) is 4.59. The van der Waals surface area contributed by atoms with Crippen LogP contribution in [-0.4, -0.2) is 37.2 Å². The standard InChI is InChI=1S/C30H29FN4O6/c1-16(2)25(30(39)41-35-12-11-18-9-10-20(31)14-24(18)35)27(36)32-22(28-33-26(29(37)38)17(3)40-28)13-19-15-34(4)23-8-6-5-7-21(19)23/h5-12,14-16,22,25H,13H2,1-4H3,(H,32,36)(H,37,38)/t22-,25+/m1/s1. The van der Waals surface area contributed by atoms with Gasteiger partial charge in [0.2, 0.25) is 11.8 Å². The number of fused-ring (bicyclic) bond motifs is 2. The van der Waals surface area contributed by atoms with Crippen LogP contribution in [0.5, 0.6) is 0 Å². The smallest absolute Gasteiger partial charge is 0.358 e. The molecule has 3 aromatic heterocycles. The van der Waals surface area contributed by atoms with E-state index in [1.54, 1.807) is 26.0 Å². The summed E-state index contributed by atoms with van der Waals surface area (Å²) in [6.07, 6.45) is 3.61. The van der Waals surface area contributed by atoms with Crippen molar-refractivity contribution in [3.8, 4) is 0 Å². The predicted molar refractivity (Wildman–Crippen MR) is 148 cm³/mol. The lowest BCUT2D eigenvalue weighted by Crippen LogP contribution is -2.43. The fourth-order valence-corrected chi connectivity index (χ4v) is 5.03. The first-order valence-electron chi connectivity index (χ1n) is 13.1. The Morgan fingerprint density at radius 2 is 1.88 bits per heavy atom. The molecule has 0 radical (unpaired) electrons. The van der Waals surface area contributed by atoms with Gasteiger partial charge < -0.3 is 24.2 Å². The van der Waals surface area contributed by atoms with Gasteiger partial charge in [0.1, 0.15) is 23.5 Å². The Kier molecular flexibility index (Phi) is 7.36. The SMILES string of the molecule is Cc1oc([C@@H](Cc2cn(C)c3ccccc23)NC(=O)[C@@H](C(=O)On2ccc3ccc(F)cc32)C(C)C)nc1C(=O)O. The minimum absolute atomic E-state index is 0.00364. The van der Waals surface area contributed by atoms with E-state index < -0.39 is 41.5 Å². The van der Waals surface area contributed by atoms with Crippen LogP contribution in [0.3, 0.4) is 0 Å². The molecule has 0 aliphatic heterocycles. The maximum absolute atomic E-state index is 13.8. The average molecular weight is 561 g/mol. The lowest BCUT2D eigenvalue weighted by molar-refractivity contribution is -0.154. The van der Waals surface area contributed by atoms with Crippen LogP contribution in [0.1, 0.15) is 47.6 Å². The zero-order chi connectivity index (χ0) is 29.4. The van der Waals surface area contributed by atoms with Crippen LogP contribution in [0.4, 0.5) is 4.39 Å². The summed E-state index contributed by atoms with van der Waals surface area (Å²) < 4.78 is 22.6. The van der Waals surface area contributed by atoms with Crippen molar-refractivity contribution in [3.63, 3.8) is 0 Å². The molecule has 0 bridgehead atoms. The number of aryl methyl sites for hydroxylation is 2. The van der Waals surface area contributed by atoms with Crippen LogP contribution in [0, 0.1) is 24.6 Å². The molecular formula is C30H29FN4O6. The van der Waals surface area contributed by atoms with Crippen LogP contribution >= 0.6 is 0 Å². The quantitative estimate of drug-likeness (QED) is 0.252. The van der Waals surface area contributed by atoms with Crippen LogP contribution in [0.15, 0.2) is 65.3 Å². The van der Waals surface area contributed by atoms with Crippen molar-refractivity contribution >= 4 is 39.7 Å². The van der Waals surface area contributed by atoms with Gasteiger partial charge in [0, 0.05) is 48.2 Å². The lowest BCUT2D eigenvalue weighted by Gasteiger charge is -2.22. The number of nitrogens with zero attached hydrogens (tertiary/aromatic N) is 3. The highest BCUT2D eigenvalue weighted by Gasteiger charge is 2.35. The summed E-state index contributed by atoms with van der Waals surface area (Å²) in [6, 6.07) is 12.6. The summed E-state index contributed by atoms with van der Waals surface area (Å²) >= 11 is 0. The van der Waals surface area contributed by atoms with Crippen LogP contribution in [0.25, 0.3) is 21.8 Å². The molecule has 0 aliphatic rings. The van der Waals surface area contributed by atoms with Crippen LogP contribution in [0.2, 0.25) is 0 Å². The van der Waals surface area contributed by atoms with Gasteiger partial charge in [-0.1, -0.05) is 32.0 Å². The number of rotatable bonds is 9. The van der Waals surface area contributed by atoms with Gasteiger partial charge in [-0.3, -0.25) is 4.79 Å². The molecule has 0 saturated carbocycles. The highest BCUT2D eigenvalue weighted by atomic mass is 19.1. The number of nitrogens with one attached hydrogen (secondary N) is 1. The number of benzene rings is 2. The van der Waals surface area contributed by atoms with Crippen molar-refractivity contribution < 1.29 is 33.1 Å². The number of carboxylic acid groups (broad SMARTS) is 1. The molecule has 0 fully saturated rings. The molecule has 11 heteroatoms. The molecule has 1 amide bonds. The minimum atomic E-state index is -1.26. The van der Waals surface area contributed by atoms with Crippen molar-refractivity contribution in [1.82, 2.24) is 19.6 Å². The van der Waals surface area contributed by atoms with Crippen molar-refractivity contribution in [2.24, 2.45) is 18.9 Å². The number of aromatic carboxylic acids is 1. The summed E-state index contributed by atoms with van der Waals surface area (Å²) in [5.41, 5.74) is 1.92. The number of oxazole rings is 1. The maximum Gasteiger partial charge on any atom is 0.358 e. The van der Waals surface area contributed by atoms with Gasteiger partial charge in [-0.05, 0) is 42.7 Å². The van der Waals surface area contributed by atoms with Gasteiger partial charge in [0.25, 0.3) is 0 Å². The van der Waals surface area contributed by atoms with E-state index in [-0.39, 0.29) is 23.8 Å². The molecule has 5 rings (SSSR count). The van der Waals surface area contributed by atoms with Crippen LogP contribution < -0.4 is 10.2 Å². The zero-order valence-corrected chi connectivity index (χ0v) is 22.9. The Morgan fingerprint density at radius 1 is 1.12 bits per heavy atom. The number of aromatic nitrogens is 3. The number of amides is 1. The molecule has 2 atom stereocenters. The Labute approximate surface area is 234 Å². The lowest BCUT2D eigenvalue weighted by atomic mass is 9.94. The molecule has 0 aliphatic carbocycles. The third kappa shape index (κ3) is 5.43. The number of hydrogen-bond donors (Lipinski definition) is 2. The molecule has 212 valence electrons. The third-order valence-corrected chi connectivity index (χ3v) is 7.04. The summed E-state index contributed by atoms with van der Waals surface area (Å²) in [4.78, 5) is 48.3. The highest BCUT2D eigenvalue weighted by Crippen LogP contribution is 2.28. The Morgan fingerprint density at radius 3 is 2.59 bits per heavy atom. The van der Waals surface area contributed by atoms with E-state index in [9.17, 15) is 23.9 Å². The first kappa shape index (κ1) is 27.6. The summed E-state index contributed by atoms with van der Waals surface area (Å²) in [6.45, 7) is 4.89. The second-order valence-electron chi connectivity index (χ2n) is 10.3. The summed E-state index contributed by atoms with van der Waals surface area (Å²) in [7, 11) is 1.90. The second-order valence-corrected chi connectivity index (χ2v) is 10.3. The number of carboxylic acids is 1. The molecule has 5 aromatic rings. The van der Waals surface area contributed by atoms with Gasteiger partial charge in [0.15, 0.2) is 5.69 Å². The van der Waals surface area contributed by atoms with Crippen molar-refractivity contribution in [1.29, 1.82) is 0 Å². The normalized spacial score (nSPS) is 13.0. The van der Waals surface area contributed by atoms with Crippen LogP contribution in [-0.2, 0) is 23.1 Å². The van der Waals surface area contributed by atoms with Crippen molar-refractivity contribution in [3.05, 3.63) is 89.7 Å². The number of carbonyl (C=O) groups excluding carboxylic acids is 2. The molecule has 2 N–H and O–H groups in total. The molecule has 0 unspecified atom stereocenters. The van der Waals surface area contributed by atoms with E-state index in [1.165, 1.54) is 25.3 Å². The maximum atomic E-state index is 13.8. The summed E-state index contributed by atoms with van der Waals surface area (Å²) in [5, 5.41) is 14.0. The number of para-hydroxylation sites is 1. The van der Waals surface area contributed by atoms with Crippen molar-refractivity contribution in [2.45, 2.75) is 33.2 Å². The van der Waals surface area contributed by atoms with E-state index in [2.05, 4.69) is 10.3 Å². The first-order valence-corrected chi connectivity index (χ1v) is 13.1. The molecule has 3 heterocycles.